The minimum absolute atomic E-state index is 0.587. The molecule has 96 valence electrons. The van der Waals surface area contributed by atoms with Crippen molar-refractivity contribution in [1.82, 2.24) is 4.98 Å². The molecule has 3 unspecified atom stereocenters. The van der Waals surface area contributed by atoms with Gasteiger partial charge in [-0.25, -0.2) is 4.98 Å². The maximum Gasteiger partial charge on any atom is 0.184 e. The molecule has 0 amide bonds. The molecule has 1 fully saturated rings. The molecule has 4 heteroatoms. The van der Waals surface area contributed by atoms with E-state index in [1.54, 1.807) is 11.3 Å². The summed E-state index contributed by atoms with van der Waals surface area (Å²) in [7, 11) is 0. The van der Waals surface area contributed by atoms with E-state index < -0.39 is 0 Å². The molecule has 0 radical (unpaired) electrons. The number of nitrogens with zero attached hydrogens (tertiary/aromatic N) is 1. The van der Waals surface area contributed by atoms with E-state index in [1.165, 1.54) is 17.5 Å². The molecule has 1 aliphatic rings. The normalized spacial score (nSPS) is 27.8. The molecule has 3 atom stereocenters. The zero-order valence-corrected chi connectivity index (χ0v) is 13.0. The van der Waals surface area contributed by atoms with Gasteiger partial charge >= 0.3 is 0 Å². The molecule has 1 N–H and O–H groups in total. The van der Waals surface area contributed by atoms with Crippen molar-refractivity contribution in [3.63, 3.8) is 0 Å². The highest BCUT2D eigenvalue weighted by Crippen LogP contribution is 2.35. The van der Waals surface area contributed by atoms with Crippen LogP contribution in [0.5, 0.6) is 0 Å². The molecule has 2 aromatic rings. The molecule has 1 saturated carbocycles. The van der Waals surface area contributed by atoms with Crippen LogP contribution in [0.25, 0.3) is 10.2 Å². The highest BCUT2D eigenvalue weighted by Gasteiger charge is 2.30. The number of rotatable bonds is 2. The smallest absolute Gasteiger partial charge is 0.184 e. The van der Waals surface area contributed by atoms with Gasteiger partial charge in [-0.1, -0.05) is 41.1 Å². The van der Waals surface area contributed by atoms with E-state index in [-0.39, 0.29) is 0 Å². The maximum atomic E-state index is 4.66. The van der Waals surface area contributed by atoms with Gasteiger partial charge in [-0.2, -0.15) is 0 Å². The van der Waals surface area contributed by atoms with Crippen LogP contribution in [0, 0.1) is 11.8 Å². The van der Waals surface area contributed by atoms with Gasteiger partial charge in [0.25, 0.3) is 0 Å². The molecule has 1 aliphatic carbocycles. The third-order valence-electron chi connectivity index (χ3n) is 4.12. The van der Waals surface area contributed by atoms with Gasteiger partial charge in [-0.3, -0.25) is 0 Å². The van der Waals surface area contributed by atoms with E-state index in [1.807, 2.05) is 6.07 Å². The lowest BCUT2D eigenvalue weighted by molar-refractivity contribution is 0.435. The van der Waals surface area contributed by atoms with Gasteiger partial charge in [0.1, 0.15) is 0 Å². The van der Waals surface area contributed by atoms with Gasteiger partial charge in [0.15, 0.2) is 5.13 Å². The summed E-state index contributed by atoms with van der Waals surface area (Å²) in [6.07, 6.45) is 2.59. The van der Waals surface area contributed by atoms with Crippen LogP contribution < -0.4 is 5.32 Å². The zero-order valence-electron chi connectivity index (χ0n) is 10.6. The minimum Gasteiger partial charge on any atom is -0.358 e. The largest absolute Gasteiger partial charge is 0.358 e. The molecule has 1 aromatic carbocycles. The van der Waals surface area contributed by atoms with Crippen LogP contribution in [-0.2, 0) is 0 Å². The van der Waals surface area contributed by atoms with E-state index in [4.69, 9.17) is 0 Å². The summed E-state index contributed by atoms with van der Waals surface area (Å²) in [5.74, 6) is 1.56. The van der Waals surface area contributed by atoms with Crippen LogP contribution in [0.2, 0.25) is 0 Å². The zero-order chi connectivity index (χ0) is 12.7. The number of thiazole rings is 1. The third kappa shape index (κ3) is 2.28. The molecule has 1 aromatic heterocycles. The van der Waals surface area contributed by atoms with Gasteiger partial charge in [-0.05, 0) is 42.9 Å². The lowest BCUT2D eigenvalue weighted by Gasteiger charge is -2.18. The molecule has 0 aliphatic heterocycles. The second kappa shape index (κ2) is 4.82. The summed E-state index contributed by atoms with van der Waals surface area (Å²) in [4.78, 5) is 4.66. The first-order valence-corrected chi connectivity index (χ1v) is 8.07. The Morgan fingerprint density at radius 3 is 2.89 bits per heavy atom. The topological polar surface area (TPSA) is 24.9 Å². The Balaban J connectivity index is 1.83. The van der Waals surface area contributed by atoms with Crippen LogP contribution in [-0.4, -0.2) is 11.0 Å². The molecule has 3 rings (SSSR count). The molecule has 0 spiro atoms. The fraction of sp³-hybridized carbons (Fsp3) is 0.500. The average Bonchev–Trinajstić information content (AvgIpc) is 2.86. The van der Waals surface area contributed by atoms with Crippen molar-refractivity contribution in [2.45, 2.75) is 32.7 Å². The Labute approximate surface area is 120 Å². The highest BCUT2D eigenvalue weighted by atomic mass is 79.9. The third-order valence-corrected chi connectivity index (χ3v) is 5.57. The first-order chi connectivity index (χ1) is 8.63. The summed E-state index contributed by atoms with van der Waals surface area (Å²) in [6, 6.07) is 6.84. The van der Waals surface area contributed by atoms with Crippen LogP contribution in [0.3, 0.4) is 0 Å². The van der Waals surface area contributed by atoms with Crippen molar-refractivity contribution in [1.29, 1.82) is 0 Å². The van der Waals surface area contributed by atoms with Crippen molar-refractivity contribution in [3.8, 4) is 0 Å². The molecule has 18 heavy (non-hydrogen) atoms. The van der Waals surface area contributed by atoms with E-state index in [0.29, 0.717) is 6.04 Å². The minimum atomic E-state index is 0.587. The monoisotopic (exact) mass is 324 g/mol. The number of aromatic nitrogens is 1. The molecule has 0 bridgehead atoms. The van der Waals surface area contributed by atoms with Gasteiger partial charge in [0, 0.05) is 10.5 Å². The van der Waals surface area contributed by atoms with Crippen molar-refractivity contribution in [2.75, 3.05) is 5.32 Å². The number of anilines is 1. The maximum absolute atomic E-state index is 4.66. The Bertz CT molecular complexity index is 566. The van der Waals surface area contributed by atoms with Crippen LogP contribution in [0.4, 0.5) is 5.13 Å². The highest BCUT2D eigenvalue weighted by molar-refractivity contribution is 9.10. The van der Waals surface area contributed by atoms with E-state index >= 15 is 0 Å². The molecule has 2 nitrogen and oxygen atoms in total. The Morgan fingerprint density at radius 1 is 1.33 bits per heavy atom. The van der Waals surface area contributed by atoms with Crippen molar-refractivity contribution in [2.24, 2.45) is 11.8 Å². The second-order valence-electron chi connectivity index (χ2n) is 5.30. The first-order valence-electron chi connectivity index (χ1n) is 6.46. The predicted molar refractivity (Wildman–Crippen MR) is 82.3 cm³/mol. The van der Waals surface area contributed by atoms with Crippen LogP contribution in [0.1, 0.15) is 26.7 Å². The molecule has 1 heterocycles. The van der Waals surface area contributed by atoms with Crippen molar-refractivity contribution in [3.05, 3.63) is 22.7 Å². The average molecular weight is 325 g/mol. The summed E-state index contributed by atoms with van der Waals surface area (Å²) in [5.41, 5.74) is 1.09. The number of fused-ring (bicyclic) bond motifs is 1. The number of hydrogen-bond donors (Lipinski definition) is 1. The quantitative estimate of drug-likeness (QED) is 0.849. The summed E-state index contributed by atoms with van der Waals surface area (Å²) < 4.78 is 2.36. The van der Waals surface area contributed by atoms with E-state index in [2.05, 4.69) is 52.2 Å². The summed E-state index contributed by atoms with van der Waals surface area (Å²) in [6.45, 7) is 4.70. The molecule has 0 saturated heterocycles. The second-order valence-corrected chi connectivity index (χ2v) is 7.24. The lowest BCUT2D eigenvalue weighted by Crippen LogP contribution is -2.23. The van der Waals surface area contributed by atoms with Gasteiger partial charge in [-0.15, -0.1) is 0 Å². The number of hydrogen-bond acceptors (Lipinski definition) is 3. The van der Waals surface area contributed by atoms with E-state index in [9.17, 15) is 0 Å². The fourth-order valence-electron chi connectivity index (χ4n) is 2.69. The van der Waals surface area contributed by atoms with Gasteiger partial charge < -0.3 is 5.32 Å². The predicted octanol–water partition coefficient (Wildman–Crippen LogP) is 4.91. The van der Waals surface area contributed by atoms with Crippen LogP contribution >= 0.6 is 27.3 Å². The van der Waals surface area contributed by atoms with E-state index in [0.717, 1.165) is 27.0 Å². The Morgan fingerprint density at radius 2 is 2.17 bits per heavy atom. The lowest BCUT2D eigenvalue weighted by atomic mass is 9.98. The van der Waals surface area contributed by atoms with Crippen LogP contribution in [0.15, 0.2) is 22.7 Å². The van der Waals surface area contributed by atoms with Gasteiger partial charge in [0.05, 0.1) is 10.2 Å². The van der Waals surface area contributed by atoms with Gasteiger partial charge in [0.2, 0.25) is 0 Å². The molecular formula is C14H17BrN2S. The summed E-state index contributed by atoms with van der Waals surface area (Å²) >= 11 is 5.26. The first kappa shape index (κ1) is 12.4. The van der Waals surface area contributed by atoms with Crippen molar-refractivity contribution >= 4 is 42.6 Å². The standard InChI is InChI=1S/C14H17BrN2S/c1-8-3-5-11(9(8)2)16-14-17-12-6-4-10(15)7-13(12)18-14/h4,6-9,11H,3,5H2,1-2H3,(H,16,17). The Kier molecular flexibility index (Phi) is 3.32. The SMILES string of the molecule is CC1CCC(Nc2nc3ccc(Br)cc3s2)C1C. The number of nitrogens with one attached hydrogen (secondary N) is 1. The number of halogens is 1. The molecular weight excluding hydrogens is 308 g/mol. The summed E-state index contributed by atoms with van der Waals surface area (Å²) in [5, 5.41) is 4.69. The number of benzene rings is 1. The fourth-order valence-corrected chi connectivity index (χ4v) is 4.17. The Hall–Kier alpha value is -0.610. The van der Waals surface area contributed by atoms with Crippen molar-refractivity contribution < 1.29 is 0 Å².